The molecule has 500 valence electrons. The second-order valence-corrected chi connectivity index (χ2v) is 36.9. The van der Waals surface area contributed by atoms with E-state index in [4.69, 9.17) is 13.1 Å². The van der Waals surface area contributed by atoms with Crippen LogP contribution in [0.15, 0.2) is 81.6 Å². The second kappa shape index (κ2) is 29.4. The summed E-state index contributed by atoms with van der Waals surface area (Å²) in [5.41, 5.74) is 6.98. The monoisotopic (exact) mass is 1260 g/mol. The molecule has 0 amide bonds. The quantitative estimate of drug-likeness (QED) is 0.0437. The number of aryl methyl sites for hydroxylation is 2. The van der Waals surface area contributed by atoms with Crippen LogP contribution < -0.4 is 0 Å². The van der Waals surface area contributed by atoms with E-state index in [1.54, 1.807) is 35.4 Å². The third kappa shape index (κ3) is 15.4. The van der Waals surface area contributed by atoms with Crippen LogP contribution in [0, 0.1) is 118 Å². The van der Waals surface area contributed by atoms with Crippen molar-refractivity contribution in [1.82, 2.24) is 0 Å². The standard InChI is InChI=1S/C80H126O7S2/c1-55(2)21-19-23-59(7)69-39-41-71-67-37-31-63-53-61(43-47-77(63,9)73(67)45-49-79(69,71)11)75(25-15-13-17-51-85-88(81,82)65-33-27-57(5)28-34-65)87-76(26-16-14-18-52-86-89(83,84)66-35-29-58(6)30-36-66)62-44-48-78(10)64(54-62)32-38-68-72-42-40-70(60(8)24-20-22-56(3)4)80(72,12)50-46-74(68)78/h27-36,55-56,59-62,67-76H,13-26,37-54H2,1-12H3/t59-,60-,61+,62+,67+,68+,69-,70-,71+,72+,73+,74+,75?,76?,77+,78+,79-,80-/m1/s1. The van der Waals surface area contributed by atoms with Gasteiger partial charge < -0.3 is 4.74 Å². The van der Waals surface area contributed by atoms with Gasteiger partial charge in [-0.2, -0.15) is 16.8 Å². The minimum Gasteiger partial charge on any atom is -0.374 e. The van der Waals surface area contributed by atoms with E-state index in [0.717, 1.165) is 134 Å². The van der Waals surface area contributed by atoms with Gasteiger partial charge in [-0.15, -0.1) is 0 Å². The first-order valence-corrected chi connectivity index (χ1v) is 40.1. The van der Waals surface area contributed by atoms with Gasteiger partial charge in [-0.05, 0) is 271 Å². The summed E-state index contributed by atoms with van der Waals surface area (Å²) in [4.78, 5) is 0.445. The van der Waals surface area contributed by atoms with Crippen LogP contribution >= 0.6 is 0 Å². The van der Waals surface area contributed by atoms with Gasteiger partial charge in [0.15, 0.2) is 0 Å². The van der Waals surface area contributed by atoms with Gasteiger partial charge >= 0.3 is 0 Å². The van der Waals surface area contributed by atoms with Gasteiger partial charge in [0, 0.05) is 0 Å². The highest BCUT2D eigenvalue weighted by molar-refractivity contribution is 7.87. The van der Waals surface area contributed by atoms with E-state index >= 15 is 0 Å². The molecule has 0 aromatic heterocycles. The summed E-state index contributed by atoms with van der Waals surface area (Å²) in [6.45, 7) is 29.9. The van der Waals surface area contributed by atoms with E-state index in [0.29, 0.717) is 35.5 Å². The lowest BCUT2D eigenvalue weighted by atomic mass is 9.46. The molecular weight excluding hydrogens is 1140 g/mol. The molecule has 0 spiro atoms. The summed E-state index contributed by atoms with van der Waals surface area (Å²) in [6.07, 6.45) is 42.1. The minimum absolute atomic E-state index is 0.114. The van der Waals surface area contributed by atoms with Crippen LogP contribution in [0.4, 0.5) is 0 Å². The van der Waals surface area contributed by atoms with Gasteiger partial charge in [-0.3, -0.25) is 8.37 Å². The summed E-state index contributed by atoms with van der Waals surface area (Å²) < 4.78 is 72.3. The molecule has 10 rings (SSSR count). The fourth-order valence-electron chi connectivity index (χ4n) is 22.2. The van der Waals surface area contributed by atoms with Crippen molar-refractivity contribution in [3.63, 3.8) is 0 Å². The lowest BCUT2D eigenvalue weighted by molar-refractivity contribution is -0.104. The molecule has 2 aromatic carbocycles. The average Bonchev–Trinajstić information content (AvgIpc) is 1.72. The molecule has 0 saturated heterocycles. The van der Waals surface area contributed by atoms with Crippen molar-refractivity contribution in [1.29, 1.82) is 0 Å². The molecule has 7 nitrogen and oxygen atoms in total. The molecule has 8 aliphatic carbocycles. The zero-order valence-corrected chi connectivity index (χ0v) is 59.9. The van der Waals surface area contributed by atoms with Gasteiger partial charge in [0.25, 0.3) is 20.2 Å². The smallest absolute Gasteiger partial charge is 0.296 e. The third-order valence-corrected chi connectivity index (χ3v) is 30.1. The van der Waals surface area contributed by atoms with Crippen molar-refractivity contribution in [3.8, 4) is 0 Å². The second-order valence-electron chi connectivity index (χ2n) is 33.7. The van der Waals surface area contributed by atoms with Crippen molar-refractivity contribution in [3.05, 3.63) is 83.0 Å². The van der Waals surface area contributed by atoms with Crippen LogP contribution in [0.1, 0.15) is 273 Å². The molecule has 2 unspecified atom stereocenters. The van der Waals surface area contributed by atoms with Crippen LogP contribution in [-0.2, 0) is 33.3 Å². The predicted molar refractivity (Wildman–Crippen MR) is 367 cm³/mol. The number of ether oxygens (including phenoxy) is 1. The Hall–Kier alpha value is -2.30. The Bertz CT molecular complexity index is 2710. The van der Waals surface area contributed by atoms with Crippen molar-refractivity contribution in [2.45, 2.75) is 298 Å². The fourth-order valence-corrected chi connectivity index (χ4v) is 24.1. The molecule has 0 N–H and O–H groups in total. The van der Waals surface area contributed by atoms with Gasteiger partial charge in [0.1, 0.15) is 0 Å². The van der Waals surface area contributed by atoms with Crippen LogP contribution in [0.2, 0.25) is 0 Å². The van der Waals surface area contributed by atoms with E-state index in [-0.39, 0.29) is 46.0 Å². The average molecular weight is 1260 g/mol. The number of hydrogen-bond acceptors (Lipinski definition) is 7. The molecule has 0 aliphatic heterocycles. The minimum atomic E-state index is -3.82. The van der Waals surface area contributed by atoms with Gasteiger partial charge in [-0.1, -0.05) is 192 Å². The van der Waals surface area contributed by atoms with Gasteiger partial charge in [0.2, 0.25) is 0 Å². The van der Waals surface area contributed by atoms with Crippen molar-refractivity contribution in [2.24, 2.45) is 105 Å². The molecule has 89 heavy (non-hydrogen) atoms. The Labute approximate surface area is 545 Å². The van der Waals surface area contributed by atoms with Gasteiger partial charge in [0.05, 0.1) is 35.2 Å². The van der Waals surface area contributed by atoms with Crippen molar-refractivity contribution in [2.75, 3.05) is 13.2 Å². The number of unbranched alkanes of at least 4 members (excludes halogenated alkanes) is 4. The summed E-state index contributed by atoms with van der Waals surface area (Å²) in [6, 6.07) is 13.9. The van der Waals surface area contributed by atoms with Gasteiger partial charge in [-0.25, -0.2) is 0 Å². The van der Waals surface area contributed by atoms with Crippen LogP contribution in [0.25, 0.3) is 0 Å². The first-order chi connectivity index (χ1) is 42.4. The van der Waals surface area contributed by atoms with E-state index < -0.39 is 20.2 Å². The Morgan fingerprint density at radius 3 is 1.21 bits per heavy atom. The first-order valence-electron chi connectivity index (χ1n) is 37.3. The number of fused-ring (bicyclic) bond motifs is 10. The summed E-state index contributed by atoms with van der Waals surface area (Å²) in [7, 11) is -7.64. The van der Waals surface area contributed by atoms with E-state index in [1.165, 1.54) is 128 Å². The lowest BCUT2D eigenvalue weighted by Gasteiger charge is -2.59. The highest BCUT2D eigenvalue weighted by Gasteiger charge is 2.61. The molecule has 6 saturated carbocycles. The molecule has 0 bridgehead atoms. The molecule has 8 aliphatic rings. The maximum atomic E-state index is 13.2. The molecule has 6 fully saturated rings. The Morgan fingerprint density at radius 2 is 0.831 bits per heavy atom. The van der Waals surface area contributed by atoms with E-state index in [9.17, 15) is 16.8 Å². The number of rotatable bonds is 30. The maximum Gasteiger partial charge on any atom is 0.296 e. The Morgan fingerprint density at radius 1 is 0.438 bits per heavy atom. The SMILES string of the molecule is Cc1ccc(S(=O)(=O)OCCCCCC(OC(CCCCCOS(=O)(=O)c2ccc(C)cc2)[C@H]2CC[C@@]3(C)C(=CC[C@H]4[C@@H]5CC[C@H]([C@H](C)CCCC(C)C)[C@@]5(C)CC[C@@H]43)C2)[C@H]2CC[C@@]3(C)C(=CC[C@H]4[C@@H]5CC[C@H]([C@H](C)CCCC(C)C)[C@@]5(C)CC[C@@H]43)C2)cc1. The molecule has 2 aromatic rings. The highest BCUT2D eigenvalue weighted by Crippen LogP contribution is 2.70. The number of hydrogen-bond donors (Lipinski definition) is 0. The molecule has 0 radical (unpaired) electrons. The highest BCUT2D eigenvalue weighted by atomic mass is 32.2. The van der Waals surface area contributed by atoms with Crippen molar-refractivity contribution >= 4 is 20.2 Å². The Kier molecular flexibility index (Phi) is 22.9. The zero-order valence-electron chi connectivity index (χ0n) is 58.3. The molecule has 9 heteroatoms. The van der Waals surface area contributed by atoms with Crippen LogP contribution in [0.5, 0.6) is 0 Å². The maximum absolute atomic E-state index is 13.2. The molecule has 0 heterocycles. The predicted octanol–water partition coefficient (Wildman–Crippen LogP) is 21.6. The molecule has 18 atom stereocenters. The van der Waals surface area contributed by atoms with Crippen LogP contribution in [0.3, 0.4) is 0 Å². The van der Waals surface area contributed by atoms with Crippen molar-refractivity contribution < 1.29 is 29.9 Å². The fraction of sp³-hybridized carbons (Fsp3) is 0.800. The summed E-state index contributed by atoms with van der Waals surface area (Å²) >= 11 is 0. The third-order valence-electron chi connectivity index (χ3n) is 27.4. The topological polar surface area (TPSA) is 96.0 Å². The lowest BCUT2D eigenvalue weighted by Crippen LogP contribution is -2.51. The van der Waals surface area contributed by atoms with E-state index in [2.05, 4.69) is 81.4 Å². The summed E-state index contributed by atoms with van der Waals surface area (Å²) in [5.74, 6) is 10.7. The van der Waals surface area contributed by atoms with E-state index in [1.807, 2.05) is 38.1 Å². The largest absolute Gasteiger partial charge is 0.374 e. The number of benzene rings is 2. The Balaban J connectivity index is 0.862. The number of allylic oxidation sites excluding steroid dienone is 4. The molecular formula is C80H126O7S2. The van der Waals surface area contributed by atoms with Crippen LogP contribution in [-0.4, -0.2) is 42.3 Å². The first kappa shape index (κ1) is 69.5. The normalized spacial score (nSPS) is 34.9. The zero-order chi connectivity index (χ0) is 63.5. The summed E-state index contributed by atoms with van der Waals surface area (Å²) in [5, 5.41) is 0.